The zero-order chi connectivity index (χ0) is 14.2. The Morgan fingerprint density at radius 1 is 1.25 bits per heavy atom. The van der Waals surface area contributed by atoms with Gasteiger partial charge in [-0.3, -0.25) is 5.10 Å². The Labute approximate surface area is 113 Å². The van der Waals surface area contributed by atoms with Gasteiger partial charge in [0.25, 0.3) is 0 Å². The van der Waals surface area contributed by atoms with Crippen molar-refractivity contribution >= 4 is 5.82 Å². The van der Waals surface area contributed by atoms with E-state index < -0.39 is 11.7 Å². The number of hydrogen-bond donors (Lipinski definition) is 2. The molecule has 0 amide bonds. The van der Waals surface area contributed by atoms with Crippen LogP contribution in [0.1, 0.15) is 23.2 Å². The van der Waals surface area contributed by atoms with E-state index in [1.165, 1.54) is 11.6 Å². The Hall–Kier alpha value is -2.05. The van der Waals surface area contributed by atoms with Crippen molar-refractivity contribution in [2.45, 2.75) is 31.5 Å². The molecule has 20 heavy (non-hydrogen) atoms. The number of pyridine rings is 1. The molecule has 7 heteroatoms. The van der Waals surface area contributed by atoms with E-state index in [9.17, 15) is 13.2 Å². The second-order valence-corrected chi connectivity index (χ2v) is 4.89. The Morgan fingerprint density at radius 2 is 2.10 bits per heavy atom. The molecule has 0 unspecified atom stereocenters. The molecule has 0 spiro atoms. The first-order chi connectivity index (χ1) is 9.52. The maximum Gasteiger partial charge on any atom is 0.417 e. The molecule has 0 aliphatic heterocycles. The minimum Gasteiger partial charge on any atom is -0.367 e. The number of nitrogens with one attached hydrogen (secondary N) is 2. The van der Waals surface area contributed by atoms with Crippen LogP contribution in [0.2, 0.25) is 0 Å². The monoisotopic (exact) mass is 282 g/mol. The first-order valence-corrected chi connectivity index (χ1v) is 6.33. The summed E-state index contributed by atoms with van der Waals surface area (Å²) in [5.41, 5.74) is 1.56. The number of rotatable bonds is 2. The number of fused-ring (bicyclic) bond motifs is 1. The third-order valence-corrected chi connectivity index (χ3v) is 3.46. The number of H-pyrrole nitrogens is 1. The average molecular weight is 282 g/mol. The normalized spacial score (nSPS) is 18.6. The molecule has 2 heterocycles. The summed E-state index contributed by atoms with van der Waals surface area (Å²) in [6.45, 7) is 0. The summed E-state index contributed by atoms with van der Waals surface area (Å²) in [5.74, 6) is 0.464. The summed E-state index contributed by atoms with van der Waals surface area (Å²) >= 11 is 0. The average Bonchev–Trinajstić information content (AvgIpc) is 2.86. The Morgan fingerprint density at radius 3 is 2.80 bits per heavy atom. The molecule has 0 aromatic carbocycles. The number of nitrogens with zero attached hydrogens (tertiary/aromatic N) is 2. The minimum atomic E-state index is -4.35. The molecular weight excluding hydrogens is 269 g/mol. The fraction of sp³-hybridized carbons (Fsp3) is 0.385. The van der Waals surface area contributed by atoms with Gasteiger partial charge in [0, 0.05) is 24.4 Å². The van der Waals surface area contributed by atoms with E-state index in [0.717, 1.165) is 37.2 Å². The van der Waals surface area contributed by atoms with Crippen LogP contribution in [0.25, 0.3) is 0 Å². The van der Waals surface area contributed by atoms with Crippen molar-refractivity contribution in [3.05, 3.63) is 41.3 Å². The summed E-state index contributed by atoms with van der Waals surface area (Å²) < 4.78 is 37.3. The molecule has 106 valence electrons. The van der Waals surface area contributed by atoms with Crippen LogP contribution in [-0.4, -0.2) is 21.2 Å². The second-order valence-electron chi connectivity index (χ2n) is 4.89. The van der Waals surface area contributed by atoms with Crippen LogP contribution in [0.5, 0.6) is 0 Å². The van der Waals surface area contributed by atoms with Gasteiger partial charge in [-0.05, 0) is 30.5 Å². The number of aromatic nitrogens is 3. The molecule has 4 nitrogen and oxygen atoms in total. The molecule has 1 aliphatic carbocycles. The van der Waals surface area contributed by atoms with E-state index in [2.05, 4.69) is 20.5 Å². The topological polar surface area (TPSA) is 53.6 Å². The summed E-state index contributed by atoms with van der Waals surface area (Å²) in [4.78, 5) is 3.83. The maximum absolute atomic E-state index is 12.4. The van der Waals surface area contributed by atoms with Crippen LogP contribution in [0.15, 0.2) is 24.5 Å². The molecule has 0 fully saturated rings. The van der Waals surface area contributed by atoms with Gasteiger partial charge in [0.05, 0.1) is 11.8 Å². The van der Waals surface area contributed by atoms with E-state index in [1.807, 2.05) is 6.20 Å². The Balaban J connectivity index is 1.67. The first-order valence-electron chi connectivity index (χ1n) is 6.33. The van der Waals surface area contributed by atoms with Gasteiger partial charge in [-0.1, -0.05) is 0 Å². The van der Waals surface area contributed by atoms with Crippen LogP contribution in [0, 0.1) is 0 Å². The van der Waals surface area contributed by atoms with Crippen LogP contribution in [0.4, 0.5) is 19.0 Å². The van der Waals surface area contributed by atoms with Gasteiger partial charge in [-0.25, -0.2) is 4.98 Å². The van der Waals surface area contributed by atoms with E-state index in [-0.39, 0.29) is 6.04 Å². The van der Waals surface area contributed by atoms with E-state index in [1.54, 1.807) is 0 Å². The van der Waals surface area contributed by atoms with Gasteiger partial charge in [0.1, 0.15) is 5.82 Å². The molecule has 0 saturated heterocycles. The molecule has 3 rings (SSSR count). The van der Waals surface area contributed by atoms with Crippen molar-refractivity contribution in [1.29, 1.82) is 0 Å². The van der Waals surface area contributed by atoms with E-state index >= 15 is 0 Å². The predicted molar refractivity (Wildman–Crippen MR) is 67.3 cm³/mol. The number of aromatic amines is 1. The van der Waals surface area contributed by atoms with Gasteiger partial charge in [0.2, 0.25) is 0 Å². The van der Waals surface area contributed by atoms with Crippen molar-refractivity contribution < 1.29 is 13.2 Å². The highest BCUT2D eigenvalue weighted by atomic mass is 19.4. The Kier molecular flexibility index (Phi) is 3.11. The lowest BCUT2D eigenvalue weighted by molar-refractivity contribution is -0.137. The zero-order valence-electron chi connectivity index (χ0n) is 10.5. The smallest absolute Gasteiger partial charge is 0.367 e. The first kappa shape index (κ1) is 13.0. The lowest BCUT2D eigenvalue weighted by Gasteiger charge is -2.23. The van der Waals surface area contributed by atoms with E-state index in [0.29, 0.717) is 5.82 Å². The number of halogens is 3. The van der Waals surface area contributed by atoms with Gasteiger partial charge in [-0.15, -0.1) is 0 Å². The van der Waals surface area contributed by atoms with Gasteiger partial charge in [0.15, 0.2) is 0 Å². The van der Waals surface area contributed by atoms with Crippen molar-refractivity contribution in [1.82, 2.24) is 15.2 Å². The SMILES string of the molecule is FC(F)(F)c1ccc(N[C@H]2CCc3cn[nH]c3C2)nc1. The highest BCUT2D eigenvalue weighted by molar-refractivity contribution is 5.38. The van der Waals surface area contributed by atoms with Crippen molar-refractivity contribution in [2.75, 3.05) is 5.32 Å². The summed E-state index contributed by atoms with van der Waals surface area (Å²) in [7, 11) is 0. The molecule has 0 saturated carbocycles. The highest BCUT2D eigenvalue weighted by Gasteiger charge is 2.30. The number of anilines is 1. The van der Waals surface area contributed by atoms with Crippen molar-refractivity contribution in [3.8, 4) is 0 Å². The van der Waals surface area contributed by atoms with Crippen LogP contribution in [-0.2, 0) is 19.0 Å². The second kappa shape index (κ2) is 4.81. The third kappa shape index (κ3) is 2.61. The van der Waals surface area contributed by atoms with Crippen LogP contribution in [0.3, 0.4) is 0 Å². The molecule has 0 bridgehead atoms. The lowest BCUT2D eigenvalue weighted by Crippen LogP contribution is -2.27. The molecule has 2 aromatic heterocycles. The van der Waals surface area contributed by atoms with Crippen LogP contribution < -0.4 is 5.32 Å². The number of alkyl halides is 3. The molecule has 2 aromatic rings. The maximum atomic E-state index is 12.4. The number of aryl methyl sites for hydroxylation is 1. The minimum absolute atomic E-state index is 0.159. The van der Waals surface area contributed by atoms with Gasteiger partial charge < -0.3 is 5.32 Å². The number of hydrogen-bond acceptors (Lipinski definition) is 3. The lowest BCUT2D eigenvalue weighted by atomic mass is 9.94. The van der Waals surface area contributed by atoms with Crippen molar-refractivity contribution in [3.63, 3.8) is 0 Å². The standard InChI is InChI=1S/C13H13F3N4/c14-13(15,16)9-2-4-12(17-7-9)19-10-3-1-8-6-18-20-11(8)5-10/h2,4,6-7,10H,1,3,5H2,(H,17,19)(H,18,20)/t10-/m0/s1. The molecule has 1 atom stereocenters. The quantitative estimate of drug-likeness (QED) is 0.890. The molecular formula is C13H13F3N4. The highest BCUT2D eigenvalue weighted by Crippen LogP contribution is 2.29. The predicted octanol–water partition coefficient (Wildman–Crippen LogP) is 2.79. The van der Waals surface area contributed by atoms with E-state index in [4.69, 9.17) is 0 Å². The zero-order valence-corrected chi connectivity index (χ0v) is 10.5. The molecule has 1 aliphatic rings. The van der Waals surface area contributed by atoms with Gasteiger partial charge >= 0.3 is 6.18 Å². The Bertz CT molecular complexity index is 588. The summed E-state index contributed by atoms with van der Waals surface area (Å²) in [6, 6.07) is 2.57. The summed E-state index contributed by atoms with van der Waals surface area (Å²) in [5, 5.41) is 10.1. The largest absolute Gasteiger partial charge is 0.417 e. The summed E-state index contributed by atoms with van der Waals surface area (Å²) in [6.07, 6.45) is 0.924. The molecule has 2 N–H and O–H groups in total. The van der Waals surface area contributed by atoms with Gasteiger partial charge in [-0.2, -0.15) is 18.3 Å². The fourth-order valence-corrected chi connectivity index (χ4v) is 2.39. The molecule has 0 radical (unpaired) electrons. The van der Waals surface area contributed by atoms with Crippen LogP contribution >= 0.6 is 0 Å². The fourth-order valence-electron chi connectivity index (χ4n) is 2.39. The third-order valence-electron chi connectivity index (χ3n) is 3.46. The van der Waals surface area contributed by atoms with Crippen molar-refractivity contribution in [2.24, 2.45) is 0 Å².